The predicted octanol–water partition coefficient (Wildman–Crippen LogP) is 7.10. The first kappa shape index (κ1) is 22.3. The van der Waals surface area contributed by atoms with Gasteiger partial charge in [0.2, 0.25) is 0 Å². The zero-order valence-corrected chi connectivity index (χ0v) is 19.3. The lowest BCUT2D eigenvalue weighted by molar-refractivity contribution is 0.0907. The highest BCUT2D eigenvalue weighted by molar-refractivity contribution is 6.40. The van der Waals surface area contributed by atoms with Gasteiger partial charge < -0.3 is 19.0 Å². The van der Waals surface area contributed by atoms with Crippen LogP contribution in [0.4, 0.5) is 0 Å². The monoisotopic (exact) mass is 488 g/mol. The summed E-state index contributed by atoms with van der Waals surface area (Å²) in [5.41, 5.74) is 2.00. The van der Waals surface area contributed by atoms with E-state index in [0.29, 0.717) is 26.6 Å². The normalized spacial score (nSPS) is 11.9. The van der Waals surface area contributed by atoms with Gasteiger partial charge in [-0.25, -0.2) is 0 Å². The lowest BCUT2D eigenvalue weighted by atomic mass is 10.1. The summed E-state index contributed by atoms with van der Waals surface area (Å²) in [6.07, 6.45) is 3.94. The molecule has 2 aromatic heterocycles. The fraction of sp³-hybridized carbons (Fsp3) is 0.125. The van der Waals surface area contributed by atoms with Crippen LogP contribution in [0.15, 0.2) is 77.5 Å². The number of furan rings is 1. The molecule has 4 aromatic rings. The van der Waals surface area contributed by atoms with Crippen LogP contribution in [0.1, 0.15) is 34.8 Å². The number of nitrogens with one attached hydrogen (secondary N) is 1. The number of hydrogen-bond donors (Lipinski definition) is 1. The average Bonchev–Trinajstić information content (AvgIpc) is 3.45. The topological polar surface area (TPSA) is 56.4 Å². The van der Waals surface area contributed by atoms with Crippen LogP contribution in [0, 0.1) is 0 Å². The number of benzene rings is 2. The second-order valence-electron chi connectivity index (χ2n) is 7.13. The second-order valence-corrected chi connectivity index (χ2v) is 8.38. The minimum absolute atomic E-state index is 0.0584. The maximum atomic E-state index is 12.7. The zero-order valence-electron chi connectivity index (χ0n) is 17.0. The number of amides is 1. The molecule has 0 aliphatic carbocycles. The van der Waals surface area contributed by atoms with E-state index in [1.165, 1.54) is 12.1 Å². The Bertz CT molecular complexity index is 1210. The zero-order chi connectivity index (χ0) is 22.7. The Hall–Kier alpha value is -2.86. The van der Waals surface area contributed by atoms with Crippen LogP contribution in [0.25, 0.3) is 5.69 Å². The van der Waals surface area contributed by atoms with Crippen molar-refractivity contribution in [3.8, 4) is 11.4 Å². The molecule has 164 valence electrons. The van der Waals surface area contributed by atoms with E-state index >= 15 is 0 Å². The van der Waals surface area contributed by atoms with Gasteiger partial charge in [-0.3, -0.25) is 4.79 Å². The third kappa shape index (κ3) is 5.13. The number of rotatable bonds is 7. The van der Waals surface area contributed by atoms with Gasteiger partial charge in [-0.2, -0.15) is 0 Å². The fourth-order valence-corrected chi connectivity index (χ4v) is 4.13. The number of carbonyl (C=O) groups excluding carboxylic acids is 1. The van der Waals surface area contributed by atoms with Crippen LogP contribution in [-0.2, 0) is 6.61 Å². The summed E-state index contributed by atoms with van der Waals surface area (Å²) in [6, 6.07) is 18.0. The molecule has 0 fully saturated rings. The first-order chi connectivity index (χ1) is 15.4. The third-order valence-corrected chi connectivity index (χ3v) is 5.61. The second kappa shape index (κ2) is 9.74. The van der Waals surface area contributed by atoms with Crippen LogP contribution in [0.3, 0.4) is 0 Å². The smallest absolute Gasteiger partial charge is 0.287 e. The van der Waals surface area contributed by atoms with Gasteiger partial charge >= 0.3 is 0 Å². The maximum Gasteiger partial charge on any atom is 0.287 e. The number of aromatic nitrogens is 1. The first-order valence-electron chi connectivity index (χ1n) is 9.81. The average molecular weight is 490 g/mol. The maximum absolute atomic E-state index is 12.7. The number of halogens is 3. The lowest BCUT2D eigenvalue weighted by Gasteiger charge is -2.15. The molecule has 0 radical (unpaired) electrons. The van der Waals surface area contributed by atoms with Gasteiger partial charge in [0, 0.05) is 23.1 Å². The Morgan fingerprint density at radius 1 is 1.03 bits per heavy atom. The number of nitrogens with zero attached hydrogens (tertiary/aromatic N) is 1. The van der Waals surface area contributed by atoms with Crippen molar-refractivity contribution in [2.75, 3.05) is 0 Å². The highest BCUT2D eigenvalue weighted by Crippen LogP contribution is 2.36. The van der Waals surface area contributed by atoms with E-state index in [2.05, 4.69) is 5.32 Å². The number of hydrogen-bond acceptors (Lipinski definition) is 3. The number of ether oxygens (including phenoxy) is 1. The fourth-order valence-electron chi connectivity index (χ4n) is 3.20. The Morgan fingerprint density at radius 3 is 2.47 bits per heavy atom. The molecule has 1 unspecified atom stereocenters. The summed E-state index contributed by atoms with van der Waals surface area (Å²) in [7, 11) is 0. The Labute approximate surface area is 200 Å². The number of carbonyl (C=O) groups is 1. The molecule has 0 saturated carbocycles. The van der Waals surface area contributed by atoms with Gasteiger partial charge in [-0.1, -0.05) is 46.9 Å². The van der Waals surface area contributed by atoms with E-state index in [1.54, 1.807) is 12.1 Å². The van der Waals surface area contributed by atoms with Gasteiger partial charge in [-0.15, -0.1) is 0 Å². The molecule has 1 N–H and O–H groups in total. The first-order valence-corrected chi connectivity index (χ1v) is 10.9. The van der Waals surface area contributed by atoms with Gasteiger partial charge in [0.05, 0.1) is 16.1 Å². The summed E-state index contributed by atoms with van der Waals surface area (Å²) in [5.74, 6) is 0.624. The van der Waals surface area contributed by atoms with Crippen molar-refractivity contribution in [1.29, 1.82) is 0 Å². The van der Waals surface area contributed by atoms with E-state index < -0.39 is 0 Å². The molecular weight excluding hydrogens is 471 g/mol. The SMILES string of the molecule is CC(NC(=O)c1ccc(COc2c(Cl)cc(Cl)cc2Cl)o1)c1cccc(-n2cccc2)c1. The molecule has 0 saturated heterocycles. The van der Waals surface area contributed by atoms with E-state index in [0.717, 1.165) is 11.3 Å². The Kier molecular flexibility index (Phi) is 6.80. The minimum Gasteiger partial charge on any atom is -0.483 e. The molecule has 5 nitrogen and oxygen atoms in total. The van der Waals surface area contributed by atoms with Crippen LogP contribution in [-0.4, -0.2) is 10.5 Å². The summed E-state index contributed by atoms with van der Waals surface area (Å²) >= 11 is 18.2. The van der Waals surface area contributed by atoms with E-state index in [1.807, 2.05) is 60.3 Å². The third-order valence-electron chi connectivity index (χ3n) is 4.83. The molecule has 4 rings (SSSR count). The van der Waals surface area contributed by atoms with Crippen molar-refractivity contribution in [3.63, 3.8) is 0 Å². The largest absolute Gasteiger partial charge is 0.483 e. The summed E-state index contributed by atoms with van der Waals surface area (Å²) in [5, 5.41) is 3.96. The predicted molar refractivity (Wildman–Crippen MR) is 126 cm³/mol. The van der Waals surface area contributed by atoms with E-state index in [4.69, 9.17) is 44.0 Å². The van der Waals surface area contributed by atoms with Gasteiger partial charge in [0.25, 0.3) is 5.91 Å². The van der Waals surface area contributed by atoms with Crippen molar-refractivity contribution in [2.45, 2.75) is 19.6 Å². The molecule has 8 heteroatoms. The molecule has 2 heterocycles. The molecule has 2 aromatic carbocycles. The summed E-state index contributed by atoms with van der Waals surface area (Å²) in [4.78, 5) is 12.7. The van der Waals surface area contributed by atoms with Crippen LogP contribution in [0.2, 0.25) is 15.1 Å². The van der Waals surface area contributed by atoms with Crippen LogP contribution in [0.5, 0.6) is 5.75 Å². The molecule has 0 aliphatic rings. The molecule has 1 amide bonds. The van der Waals surface area contributed by atoms with E-state index in [9.17, 15) is 4.79 Å². The van der Waals surface area contributed by atoms with Crippen LogP contribution >= 0.6 is 34.8 Å². The standard InChI is InChI=1S/C24H19Cl3N2O3/c1-15(16-5-4-6-18(11-16)29-9-2-3-10-29)28-24(30)22-8-7-19(32-22)14-31-23-20(26)12-17(25)13-21(23)27/h2-13,15H,14H2,1H3,(H,28,30). The lowest BCUT2D eigenvalue weighted by Crippen LogP contribution is -2.26. The van der Waals surface area contributed by atoms with Crippen molar-refractivity contribution in [1.82, 2.24) is 9.88 Å². The summed E-state index contributed by atoms with van der Waals surface area (Å²) in [6.45, 7) is 1.98. The Balaban J connectivity index is 1.39. The molecule has 0 bridgehead atoms. The van der Waals surface area contributed by atoms with E-state index in [-0.39, 0.29) is 24.3 Å². The van der Waals surface area contributed by atoms with Crippen molar-refractivity contribution in [2.24, 2.45) is 0 Å². The van der Waals surface area contributed by atoms with Crippen molar-refractivity contribution in [3.05, 3.63) is 105 Å². The molecular formula is C24H19Cl3N2O3. The van der Waals surface area contributed by atoms with Gasteiger partial charge in [0.1, 0.15) is 12.4 Å². The highest BCUT2D eigenvalue weighted by Gasteiger charge is 2.17. The minimum atomic E-state index is -0.322. The molecule has 0 aliphatic heterocycles. The van der Waals surface area contributed by atoms with Crippen molar-refractivity contribution >= 4 is 40.7 Å². The Morgan fingerprint density at radius 2 is 1.75 bits per heavy atom. The summed E-state index contributed by atoms with van der Waals surface area (Å²) < 4.78 is 13.3. The molecule has 1 atom stereocenters. The molecule has 32 heavy (non-hydrogen) atoms. The molecule has 0 spiro atoms. The van der Waals surface area contributed by atoms with Crippen molar-refractivity contribution < 1.29 is 13.9 Å². The highest BCUT2D eigenvalue weighted by atomic mass is 35.5. The van der Waals surface area contributed by atoms with Gasteiger partial charge in [-0.05, 0) is 61.0 Å². The van der Waals surface area contributed by atoms with Gasteiger partial charge in [0.15, 0.2) is 11.5 Å². The quantitative estimate of drug-likeness (QED) is 0.301. The van der Waals surface area contributed by atoms with Crippen LogP contribution < -0.4 is 10.1 Å².